The van der Waals surface area contributed by atoms with E-state index in [2.05, 4.69) is 21.3 Å². The van der Waals surface area contributed by atoms with Crippen LogP contribution in [0, 0.1) is 17.1 Å². The molecule has 5 rings (SSSR count). The summed E-state index contributed by atoms with van der Waals surface area (Å²) in [4.78, 5) is 19.4. The fourth-order valence-electron chi connectivity index (χ4n) is 4.10. The van der Waals surface area contributed by atoms with Gasteiger partial charge in [-0.3, -0.25) is 4.79 Å². The lowest BCUT2D eigenvalue weighted by molar-refractivity contribution is 0.0996. The van der Waals surface area contributed by atoms with Crippen molar-refractivity contribution >= 4 is 29.8 Å². The van der Waals surface area contributed by atoms with Gasteiger partial charge in [-0.05, 0) is 48.0 Å². The first kappa shape index (κ1) is 25.7. The molecular formula is C27H22ClFN4O4. The number of rotatable bonds is 5. The minimum absolute atomic E-state index is 0. The Hall–Kier alpha value is -4.39. The first-order valence-electron chi connectivity index (χ1n) is 11.3. The standard InChI is InChI=1S/C27H21FN4O4.ClH/c28-18-6-7-20(24(33)14-18)23-15-21(17-3-1-4-19(13-17)32-8-11-35-12-9-32)22(16-29)26(30-23)31-27(34)25-5-2-10-36-25;/h1-7,10,13-15,33H,8-9,11-12H2,(H,30,31,34);1H. The molecule has 1 aliphatic heterocycles. The second-order valence-corrected chi connectivity index (χ2v) is 8.13. The number of phenolic OH excluding ortho intramolecular Hbond substituents is 1. The van der Waals surface area contributed by atoms with E-state index in [0.717, 1.165) is 24.8 Å². The van der Waals surface area contributed by atoms with Crippen LogP contribution in [-0.2, 0) is 4.74 Å². The predicted molar refractivity (Wildman–Crippen MR) is 138 cm³/mol. The third-order valence-electron chi connectivity index (χ3n) is 5.88. The Labute approximate surface area is 218 Å². The van der Waals surface area contributed by atoms with Gasteiger partial charge in [-0.15, -0.1) is 12.4 Å². The van der Waals surface area contributed by atoms with Crippen LogP contribution in [0.25, 0.3) is 22.4 Å². The number of halogens is 2. The van der Waals surface area contributed by atoms with Crippen LogP contribution >= 0.6 is 12.4 Å². The third-order valence-corrected chi connectivity index (χ3v) is 5.88. The molecular weight excluding hydrogens is 499 g/mol. The Balaban J connectivity index is 0.00000320. The van der Waals surface area contributed by atoms with Gasteiger partial charge in [0.2, 0.25) is 0 Å². The third kappa shape index (κ3) is 5.40. The number of carbonyl (C=O) groups excluding carboxylic acids is 1. The molecule has 37 heavy (non-hydrogen) atoms. The van der Waals surface area contributed by atoms with Crippen molar-refractivity contribution in [3.63, 3.8) is 0 Å². The zero-order valence-electron chi connectivity index (χ0n) is 19.5. The molecule has 0 bridgehead atoms. The van der Waals surface area contributed by atoms with Crippen molar-refractivity contribution in [1.82, 2.24) is 4.98 Å². The van der Waals surface area contributed by atoms with Gasteiger partial charge in [0.15, 0.2) is 11.6 Å². The van der Waals surface area contributed by atoms with Gasteiger partial charge in [0, 0.05) is 36.0 Å². The minimum Gasteiger partial charge on any atom is -0.507 e. The molecule has 0 radical (unpaired) electrons. The van der Waals surface area contributed by atoms with Gasteiger partial charge >= 0.3 is 0 Å². The number of hydrogen-bond donors (Lipinski definition) is 2. The predicted octanol–water partition coefficient (Wildman–Crippen LogP) is 5.24. The molecule has 4 aromatic rings. The molecule has 2 N–H and O–H groups in total. The minimum atomic E-state index is -0.602. The van der Waals surface area contributed by atoms with Crippen molar-refractivity contribution < 1.29 is 23.4 Å². The van der Waals surface area contributed by atoms with Gasteiger partial charge in [-0.2, -0.15) is 5.26 Å². The summed E-state index contributed by atoms with van der Waals surface area (Å²) < 4.78 is 24.3. The number of ether oxygens (including phenoxy) is 1. The fraction of sp³-hybridized carbons (Fsp3) is 0.148. The molecule has 0 spiro atoms. The quantitative estimate of drug-likeness (QED) is 0.370. The highest BCUT2D eigenvalue weighted by molar-refractivity contribution is 6.03. The molecule has 8 nitrogen and oxygen atoms in total. The molecule has 0 atom stereocenters. The van der Waals surface area contributed by atoms with E-state index < -0.39 is 11.7 Å². The van der Waals surface area contributed by atoms with E-state index in [4.69, 9.17) is 9.15 Å². The Morgan fingerprint density at radius 3 is 2.59 bits per heavy atom. The van der Waals surface area contributed by atoms with Crippen molar-refractivity contribution in [3.05, 3.63) is 84.1 Å². The number of nitrogens with zero attached hydrogens (tertiary/aromatic N) is 3. The summed E-state index contributed by atoms with van der Waals surface area (Å²) >= 11 is 0. The number of aromatic hydroxyl groups is 1. The maximum absolute atomic E-state index is 13.7. The highest BCUT2D eigenvalue weighted by Crippen LogP contribution is 2.37. The number of hydrogen-bond acceptors (Lipinski definition) is 7. The summed E-state index contributed by atoms with van der Waals surface area (Å²) in [5.74, 6) is -1.46. The van der Waals surface area contributed by atoms with Crippen LogP contribution in [-0.4, -0.2) is 42.3 Å². The number of aromatic nitrogens is 1. The van der Waals surface area contributed by atoms with E-state index in [0.29, 0.717) is 24.3 Å². The van der Waals surface area contributed by atoms with Gasteiger partial charge < -0.3 is 24.5 Å². The molecule has 0 aliphatic carbocycles. The number of benzene rings is 2. The number of anilines is 2. The molecule has 1 saturated heterocycles. The largest absolute Gasteiger partial charge is 0.507 e. The molecule has 1 aliphatic rings. The van der Waals surface area contributed by atoms with E-state index >= 15 is 0 Å². The Morgan fingerprint density at radius 2 is 1.89 bits per heavy atom. The monoisotopic (exact) mass is 520 g/mol. The zero-order valence-corrected chi connectivity index (χ0v) is 20.3. The van der Waals surface area contributed by atoms with Crippen LogP contribution < -0.4 is 10.2 Å². The number of nitrogens with one attached hydrogen (secondary N) is 1. The number of amides is 1. The van der Waals surface area contributed by atoms with E-state index in [-0.39, 0.29) is 46.6 Å². The highest BCUT2D eigenvalue weighted by Gasteiger charge is 2.21. The normalized spacial score (nSPS) is 12.9. The second kappa shape index (κ2) is 11.1. The molecule has 3 heterocycles. The first-order chi connectivity index (χ1) is 17.5. The van der Waals surface area contributed by atoms with Crippen molar-refractivity contribution in [2.24, 2.45) is 0 Å². The summed E-state index contributed by atoms with van der Waals surface area (Å²) in [7, 11) is 0. The molecule has 10 heteroatoms. The van der Waals surface area contributed by atoms with Crippen molar-refractivity contribution in [2.75, 3.05) is 36.5 Å². The first-order valence-corrected chi connectivity index (χ1v) is 11.3. The lowest BCUT2D eigenvalue weighted by Crippen LogP contribution is -2.36. The fourth-order valence-corrected chi connectivity index (χ4v) is 4.10. The topological polar surface area (TPSA) is 112 Å². The van der Waals surface area contributed by atoms with Crippen molar-refractivity contribution in [2.45, 2.75) is 0 Å². The number of phenols is 1. The van der Waals surface area contributed by atoms with Crippen LogP contribution in [0.5, 0.6) is 5.75 Å². The van der Waals surface area contributed by atoms with Crippen LogP contribution in [0.15, 0.2) is 71.3 Å². The van der Waals surface area contributed by atoms with Gasteiger partial charge in [0.25, 0.3) is 5.91 Å². The van der Waals surface area contributed by atoms with Crippen LogP contribution in [0.1, 0.15) is 16.1 Å². The summed E-state index contributed by atoms with van der Waals surface area (Å²) in [5, 5.41) is 23.1. The number of pyridine rings is 1. The Morgan fingerprint density at radius 1 is 1.08 bits per heavy atom. The molecule has 0 saturated carbocycles. The molecule has 1 fully saturated rings. The van der Waals surface area contributed by atoms with Crippen molar-refractivity contribution in [1.29, 1.82) is 5.26 Å². The molecule has 0 unspecified atom stereocenters. The van der Waals surface area contributed by atoms with E-state index in [1.165, 1.54) is 24.5 Å². The van der Waals surface area contributed by atoms with E-state index in [1.807, 2.05) is 24.3 Å². The molecule has 2 aromatic heterocycles. The maximum Gasteiger partial charge on any atom is 0.292 e. The average Bonchev–Trinajstić information content (AvgIpc) is 3.44. The van der Waals surface area contributed by atoms with E-state index in [1.54, 1.807) is 12.1 Å². The number of carbonyl (C=O) groups is 1. The molecule has 188 valence electrons. The smallest absolute Gasteiger partial charge is 0.292 e. The summed E-state index contributed by atoms with van der Waals surface area (Å²) in [6, 6.07) is 18.1. The molecule has 1 amide bonds. The lowest BCUT2D eigenvalue weighted by Gasteiger charge is -2.29. The van der Waals surface area contributed by atoms with Crippen LogP contribution in [0.4, 0.5) is 15.9 Å². The zero-order chi connectivity index (χ0) is 25.1. The number of nitriles is 1. The summed E-state index contributed by atoms with van der Waals surface area (Å²) in [5.41, 5.74) is 2.82. The van der Waals surface area contributed by atoms with Gasteiger partial charge in [0.05, 0.1) is 25.2 Å². The summed E-state index contributed by atoms with van der Waals surface area (Å²) in [6.45, 7) is 2.73. The summed E-state index contributed by atoms with van der Waals surface area (Å²) in [6.07, 6.45) is 1.36. The van der Waals surface area contributed by atoms with Gasteiger partial charge in [-0.1, -0.05) is 12.1 Å². The highest BCUT2D eigenvalue weighted by atomic mass is 35.5. The number of morpholine rings is 1. The van der Waals surface area contributed by atoms with Gasteiger partial charge in [-0.25, -0.2) is 9.37 Å². The van der Waals surface area contributed by atoms with Gasteiger partial charge in [0.1, 0.15) is 23.2 Å². The van der Waals surface area contributed by atoms with Crippen molar-refractivity contribution in [3.8, 4) is 34.2 Å². The number of furan rings is 1. The Bertz CT molecular complexity index is 1460. The van der Waals surface area contributed by atoms with Crippen LogP contribution in [0.2, 0.25) is 0 Å². The van der Waals surface area contributed by atoms with Crippen LogP contribution in [0.3, 0.4) is 0 Å². The Kier molecular flexibility index (Phi) is 7.72. The van der Waals surface area contributed by atoms with E-state index in [9.17, 15) is 19.6 Å². The molecule has 2 aromatic carbocycles. The maximum atomic E-state index is 13.7. The average molecular weight is 521 g/mol. The SMILES string of the molecule is Cl.N#Cc1c(-c2cccc(N3CCOCC3)c2)cc(-c2ccc(F)cc2O)nc1NC(=O)c1ccco1. The second-order valence-electron chi connectivity index (χ2n) is 8.13. The lowest BCUT2D eigenvalue weighted by atomic mass is 9.97.